The lowest BCUT2D eigenvalue weighted by molar-refractivity contribution is 0.0601. The monoisotopic (exact) mass is 459 g/mol. The lowest BCUT2D eigenvalue weighted by atomic mass is 9.83. The second-order valence-corrected chi connectivity index (χ2v) is 9.09. The van der Waals surface area contributed by atoms with Gasteiger partial charge in [-0.25, -0.2) is 9.59 Å². The van der Waals surface area contributed by atoms with Crippen LogP contribution in [0.5, 0.6) is 0 Å². The Balaban J connectivity index is 1.49. The topological polar surface area (TPSA) is 85.6 Å². The summed E-state index contributed by atoms with van der Waals surface area (Å²) in [6.07, 6.45) is 2.39. The van der Waals surface area contributed by atoms with E-state index in [-0.39, 0.29) is 5.56 Å². The van der Waals surface area contributed by atoms with Gasteiger partial charge in [0.05, 0.1) is 12.7 Å². The Morgan fingerprint density at radius 2 is 1.85 bits per heavy atom. The van der Waals surface area contributed by atoms with Crippen molar-refractivity contribution in [1.29, 1.82) is 0 Å². The van der Waals surface area contributed by atoms with Crippen molar-refractivity contribution in [3.63, 3.8) is 0 Å². The average molecular weight is 460 g/mol. The van der Waals surface area contributed by atoms with Crippen molar-refractivity contribution in [2.75, 3.05) is 12.4 Å². The fourth-order valence-corrected chi connectivity index (χ4v) is 5.70. The van der Waals surface area contributed by atoms with E-state index in [0.29, 0.717) is 33.9 Å². The lowest BCUT2D eigenvalue weighted by Crippen LogP contribution is -2.21. The molecule has 1 aliphatic rings. The number of thiophene rings is 1. The number of rotatable bonds is 4. The molecule has 0 saturated carbocycles. The Bertz CT molecular complexity index is 1420. The summed E-state index contributed by atoms with van der Waals surface area (Å²) in [6, 6.07) is 18.8. The zero-order valence-electron chi connectivity index (χ0n) is 17.9. The SMILES string of the molecule is COC(=O)c1c(NC(=O)c2cc3ccccc3oc2=O)sc2c1CCC(c1ccccc1)C2. The molecule has 1 aliphatic carbocycles. The van der Waals surface area contributed by atoms with Crippen LogP contribution in [0.25, 0.3) is 11.0 Å². The molecule has 1 amide bonds. The van der Waals surface area contributed by atoms with Crippen LogP contribution >= 0.6 is 11.3 Å². The molecule has 5 rings (SSSR count). The van der Waals surface area contributed by atoms with Gasteiger partial charge < -0.3 is 14.5 Å². The molecule has 1 N–H and O–H groups in total. The van der Waals surface area contributed by atoms with E-state index in [1.807, 2.05) is 18.2 Å². The van der Waals surface area contributed by atoms with Gasteiger partial charge in [-0.15, -0.1) is 11.3 Å². The van der Waals surface area contributed by atoms with E-state index in [9.17, 15) is 14.4 Å². The smallest absolute Gasteiger partial charge is 0.349 e. The highest BCUT2D eigenvalue weighted by Gasteiger charge is 2.31. The van der Waals surface area contributed by atoms with Gasteiger partial charge in [-0.3, -0.25) is 4.79 Å². The van der Waals surface area contributed by atoms with E-state index in [0.717, 1.165) is 23.3 Å². The molecule has 0 saturated heterocycles. The number of nitrogens with one attached hydrogen (secondary N) is 1. The summed E-state index contributed by atoms with van der Waals surface area (Å²) in [7, 11) is 1.32. The summed E-state index contributed by atoms with van der Waals surface area (Å²) < 4.78 is 10.3. The molecular weight excluding hydrogens is 438 g/mol. The van der Waals surface area contributed by atoms with E-state index >= 15 is 0 Å². The Labute approximate surface area is 193 Å². The number of anilines is 1. The van der Waals surface area contributed by atoms with Crippen LogP contribution in [-0.4, -0.2) is 19.0 Å². The van der Waals surface area contributed by atoms with E-state index in [4.69, 9.17) is 9.15 Å². The van der Waals surface area contributed by atoms with Crippen LogP contribution in [0.3, 0.4) is 0 Å². The van der Waals surface area contributed by atoms with Crippen LogP contribution in [0, 0.1) is 0 Å². The molecule has 0 spiro atoms. The van der Waals surface area contributed by atoms with Crippen molar-refractivity contribution in [2.45, 2.75) is 25.2 Å². The molecule has 2 aromatic heterocycles. The number of benzene rings is 2. The first-order chi connectivity index (χ1) is 16.0. The number of hydrogen-bond acceptors (Lipinski definition) is 6. The van der Waals surface area contributed by atoms with Gasteiger partial charge in [0.15, 0.2) is 0 Å². The summed E-state index contributed by atoms with van der Waals surface area (Å²) in [5.41, 5.74) is 2.13. The molecule has 0 radical (unpaired) electrons. The first-order valence-corrected chi connectivity index (χ1v) is 11.5. The molecule has 6 nitrogen and oxygen atoms in total. The Kier molecular flexibility index (Phi) is 5.56. The quantitative estimate of drug-likeness (QED) is 0.336. The van der Waals surface area contributed by atoms with Crippen molar-refractivity contribution in [3.05, 3.63) is 98.2 Å². The van der Waals surface area contributed by atoms with E-state index in [2.05, 4.69) is 17.4 Å². The third-order valence-corrected chi connectivity index (χ3v) is 7.21. The maximum absolute atomic E-state index is 13.0. The van der Waals surface area contributed by atoms with Crippen LogP contribution < -0.4 is 10.9 Å². The van der Waals surface area contributed by atoms with E-state index in [1.165, 1.54) is 30.1 Å². The highest BCUT2D eigenvalue weighted by Crippen LogP contribution is 2.42. The van der Waals surface area contributed by atoms with Gasteiger partial charge in [0.1, 0.15) is 16.1 Å². The maximum atomic E-state index is 13.0. The summed E-state index contributed by atoms with van der Waals surface area (Å²) in [5, 5.41) is 3.82. The highest BCUT2D eigenvalue weighted by molar-refractivity contribution is 7.17. The van der Waals surface area contributed by atoms with E-state index < -0.39 is 17.5 Å². The normalized spacial score (nSPS) is 15.1. The zero-order chi connectivity index (χ0) is 22.9. The molecule has 1 atom stereocenters. The number of esters is 1. The lowest BCUT2D eigenvalue weighted by Gasteiger charge is -2.22. The predicted molar refractivity (Wildman–Crippen MR) is 127 cm³/mol. The third-order valence-electron chi connectivity index (χ3n) is 6.04. The Morgan fingerprint density at radius 1 is 1.09 bits per heavy atom. The molecule has 4 aromatic rings. The number of carbonyl (C=O) groups is 2. The van der Waals surface area contributed by atoms with Gasteiger partial charge in [0.2, 0.25) is 0 Å². The maximum Gasteiger partial charge on any atom is 0.349 e. The summed E-state index contributed by atoms with van der Waals surface area (Å²) in [4.78, 5) is 39.1. The van der Waals surface area contributed by atoms with Gasteiger partial charge in [-0.1, -0.05) is 48.5 Å². The standard InChI is InChI=1S/C26H21NO5S/c1-31-26(30)22-18-12-11-16(15-7-3-2-4-8-15)14-21(18)33-24(22)27-23(28)19-13-17-9-5-6-10-20(17)32-25(19)29/h2-10,13,16H,11-12,14H2,1H3,(H,27,28). The minimum Gasteiger partial charge on any atom is -0.465 e. The van der Waals surface area contributed by atoms with Crippen LogP contribution in [0.2, 0.25) is 0 Å². The summed E-state index contributed by atoms with van der Waals surface area (Å²) >= 11 is 1.37. The van der Waals surface area contributed by atoms with Crippen molar-refractivity contribution in [1.82, 2.24) is 0 Å². The van der Waals surface area contributed by atoms with Crippen molar-refractivity contribution in [2.24, 2.45) is 0 Å². The summed E-state index contributed by atoms with van der Waals surface area (Å²) in [6.45, 7) is 0. The fourth-order valence-electron chi connectivity index (χ4n) is 4.39. The van der Waals surface area contributed by atoms with Crippen molar-refractivity contribution < 1.29 is 18.7 Å². The molecule has 1 unspecified atom stereocenters. The third kappa shape index (κ3) is 3.96. The molecule has 0 bridgehead atoms. The van der Waals surface area contributed by atoms with Crippen LogP contribution in [0.15, 0.2) is 69.9 Å². The molecular formula is C26H21NO5S. The molecule has 0 fully saturated rings. The molecule has 166 valence electrons. The Morgan fingerprint density at radius 3 is 2.64 bits per heavy atom. The first-order valence-electron chi connectivity index (χ1n) is 10.7. The number of hydrogen-bond donors (Lipinski definition) is 1. The van der Waals surface area contributed by atoms with Crippen molar-refractivity contribution >= 4 is 39.2 Å². The molecule has 2 heterocycles. The van der Waals surface area contributed by atoms with Gasteiger partial charge in [0.25, 0.3) is 5.91 Å². The second kappa shape index (κ2) is 8.67. The fraction of sp³-hybridized carbons (Fsp3) is 0.192. The summed E-state index contributed by atoms with van der Waals surface area (Å²) in [5.74, 6) is -0.761. The predicted octanol–water partition coefficient (Wildman–Crippen LogP) is 5.17. The van der Waals surface area contributed by atoms with Gasteiger partial charge in [0, 0.05) is 10.3 Å². The minimum absolute atomic E-state index is 0.113. The van der Waals surface area contributed by atoms with E-state index in [1.54, 1.807) is 24.3 Å². The van der Waals surface area contributed by atoms with Crippen LogP contribution in [-0.2, 0) is 17.6 Å². The number of methoxy groups -OCH3 is 1. The minimum atomic E-state index is -0.726. The number of para-hydroxylation sites is 1. The van der Waals surface area contributed by atoms with Gasteiger partial charge in [-0.05, 0) is 48.4 Å². The zero-order valence-corrected chi connectivity index (χ0v) is 18.7. The second-order valence-electron chi connectivity index (χ2n) is 7.99. The van der Waals surface area contributed by atoms with Crippen LogP contribution in [0.4, 0.5) is 5.00 Å². The van der Waals surface area contributed by atoms with Gasteiger partial charge in [-0.2, -0.15) is 0 Å². The molecule has 0 aliphatic heterocycles. The average Bonchev–Trinajstić information content (AvgIpc) is 3.20. The van der Waals surface area contributed by atoms with Crippen molar-refractivity contribution in [3.8, 4) is 0 Å². The number of carbonyl (C=O) groups excluding carboxylic acids is 2. The van der Waals surface area contributed by atoms with Crippen LogP contribution in [0.1, 0.15) is 49.1 Å². The molecule has 2 aromatic carbocycles. The number of fused-ring (bicyclic) bond motifs is 2. The van der Waals surface area contributed by atoms with Gasteiger partial charge >= 0.3 is 11.6 Å². The number of ether oxygens (including phenoxy) is 1. The first kappa shape index (κ1) is 21.2. The molecule has 33 heavy (non-hydrogen) atoms. The Hall–Kier alpha value is -3.71. The largest absolute Gasteiger partial charge is 0.465 e. The molecule has 7 heteroatoms. The highest BCUT2D eigenvalue weighted by atomic mass is 32.1. The number of amides is 1.